The van der Waals surface area contributed by atoms with Crippen LogP contribution in [0.5, 0.6) is 0 Å². The second-order valence-corrected chi connectivity index (χ2v) is 5.96. The molecule has 1 amide bonds. The van der Waals surface area contributed by atoms with E-state index in [0.717, 1.165) is 24.3 Å². The second-order valence-electron chi connectivity index (χ2n) is 5.96. The molecule has 0 spiro atoms. The maximum atomic E-state index is 13.7. The first kappa shape index (κ1) is 15.0. The van der Waals surface area contributed by atoms with E-state index in [-0.39, 0.29) is 17.5 Å². The zero-order chi connectivity index (χ0) is 14.5. The number of halogens is 1. The molecular weight excluding hydrogens is 253 g/mol. The van der Waals surface area contributed by atoms with Crippen LogP contribution in [0.2, 0.25) is 0 Å². The molecule has 1 aromatic carbocycles. The predicted octanol–water partition coefficient (Wildman–Crippen LogP) is 4.22. The van der Waals surface area contributed by atoms with Gasteiger partial charge in [0.05, 0.1) is 5.56 Å². The first-order chi connectivity index (χ1) is 9.60. The quantitative estimate of drug-likeness (QED) is 0.877. The number of rotatable bonds is 4. The van der Waals surface area contributed by atoms with Gasteiger partial charge in [-0.3, -0.25) is 4.79 Å². The summed E-state index contributed by atoms with van der Waals surface area (Å²) >= 11 is 0. The number of benzene rings is 1. The first-order valence-electron chi connectivity index (χ1n) is 7.67. The van der Waals surface area contributed by atoms with E-state index in [2.05, 4.69) is 12.2 Å². The molecule has 0 heterocycles. The molecule has 1 aromatic rings. The van der Waals surface area contributed by atoms with Gasteiger partial charge in [-0.2, -0.15) is 0 Å². The zero-order valence-electron chi connectivity index (χ0n) is 12.4. The van der Waals surface area contributed by atoms with E-state index < -0.39 is 5.82 Å². The molecule has 1 aliphatic carbocycles. The van der Waals surface area contributed by atoms with E-state index in [1.807, 2.05) is 6.92 Å². The van der Waals surface area contributed by atoms with Gasteiger partial charge in [-0.1, -0.05) is 31.4 Å². The summed E-state index contributed by atoms with van der Waals surface area (Å²) in [5.41, 5.74) is 1.07. The molecular formula is C17H24FNO. The van der Waals surface area contributed by atoms with E-state index in [9.17, 15) is 9.18 Å². The molecule has 2 rings (SSSR count). The SMILES string of the molecule is CCCC1CCC(NC(=O)c2cc(C)ccc2F)CC1. The largest absolute Gasteiger partial charge is 0.349 e. The van der Waals surface area contributed by atoms with Gasteiger partial charge < -0.3 is 5.32 Å². The van der Waals surface area contributed by atoms with Crippen molar-refractivity contribution in [2.45, 2.75) is 58.4 Å². The Kier molecular flexibility index (Phi) is 5.16. The fourth-order valence-corrected chi connectivity index (χ4v) is 3.08. The molecule has 1 fully saturated rings. The number of hydrogen-bond donors (Lipinski definition) is 1. The Bertz CT molecular complexity index is 464. The number of aryl methyl sites for hydroxylation is 1. The summed E-state index contributed by atoms with van der Waals surface area (Å²) in [4.78, 5) is 12.1. The topological polar surface area (TPSA) is 29.1 Å². The lowest BCUT2D eigenvalue weighted by Crippen LogP contribution is -2.38. The number of carbonyl (C=O) groups is 1. The summed E-state index contributed by atoms with van der Waals surface area (Å²) < 4.78 is 13.7. The van der Waals surface area contributed by atoms with Crippen molar-refractivity contribution in [1.82, 2.24) is 5.32 Å². The van der Waals surface area contributed by atoms with Crippen LogP contribution in [0.15, 0.2) is 18.2 Å². The van der Waals surface area contributed by atoms with Crippen LogP contribution in [0.1, 0.15) is 61.4 Å². The summed E-state index contributed by atoms with van der Waals surface area (Å²) in [6.45, 7) is 4.08. The summed E-state index contributed by atoms with van der Waals surface area (Å²) in [7, 11) is 0. The lowest BCUT2D eigenvalue weighted by atomic mass is 9.83. The number of carbonyl (C=O) groups excluding carboxylic acids is 1. The lowest BCUT2D eigenvalue weighted by molar-refractivity contribution is 0.0917. The molecule has 1 saturated carbocycles. The van der Waals surface area contributed by atoms with Crippen molar-refractivity contribution in [3.8, 4) is 0 Å². The number of amides is 1. The maximum absolute atomic E-state index is 13.7. The fourth-order valence-electron chi connectivity index (χ4n) is 3.08. The average Bonchev–Trinajstić information content (AvgIpc) is 2.44. The third-order valence-corrected chi connectivity index (χ3v) is 4.25. The molecule has 2 nitrogen and oxygen atoms in total. The van der Waals surface area contributed by atoms with Crippen molar-refractivity contribution in [2.24, 2.45) is 5.92 Å². The molecule has 20 heavy (non-hydrogen) atoms. The average molecular weight is 277 g/mol. The summed E-state index contributed by atoms with van der Waals surface area (Å²) in [6, 6.07) is 4.87. The van der Waals surface area contributed by atoms with Crippen LogP contribution >= 0.6 is 0 Å². The van der Waals surface area contributed by atoms with Crippen molar-refractivity contribution in [3.05, 3.63) is 35.1 Å². The van der Waals surface area contributed by atoms with Crippen LogP contribution in [0.3, 0.4) is 0 Å². The van der Waals surface area contributed by atoms with Crippen molar-refractivity contribution in [2.75, 3.05) is 0 Å². The Morgan fingerprint density at radius 1 is 1.30 bits per heavy atom. The van der Waals surface area contributed by atoms with Gasteiger partial charge in [0.2, 0.25) is 0 Å². The van der Waals surface area contributed by atoms with Crippen LogP contribution in [-0.2, 0) is 0 Å². The van der Waals surface area contributed by atoms with Crippen molar-refractivity contribution in [3.63, 3.8) is 0 Å². The Hall–Kier alpha value is -1.38. The van der Waals surface area contributed by atoms with Gasteiger partial charge in [-0.25, -0.2) is 4.39 Å². The molecule has 110 valence electrons. The van der Waals surface area contributed by atoms with Crippen LogP contribution in [0.4, 0.5) is 4.39 Å². The highest BCUT2D eigenvalue weighted by molar-refractivity contribution is 5.94. The molecule has 0 aliphatic heterocycles. The van der Waals surface area contributed by atoms with E-state index >= 15 is 0 Å². The van der Waals surface area contributed by atoms with Crippen LogP contribution in [0.25, 0.3) is 0 Å². The Labute approximate surface area is 120 Å². The van der Waals surface area contributed by atoms with Gasteiger partial charge in [-0.05, 0) is 50.7 Å². The Balaban J connectivity index is 1.91. The number of hydrogen-bond acceptors (Lipinski definition) is 1. The summed E-state index contributed by atoms with van der Waals surface area (Å²) in [6.07, 6.45) is 6.90. The van der Waals surface area contributed by atoms with Crippen molar-refractivity contribution >= 4 is 5.91 Å². The van der Waals surface area contributed by atoms with Crippen LogP contribution in [-0.4, -0.2) is 11.9 Å². The minimum Gasteiger partial charge on any atom is -0.349 e. The molecule has 0 saturated heterocycles. The smallest absolute Gasteiger partial charge is 0.254 e. The highest BCUT2D eigenvalue weighted by Crippen LogP contribution is 2.28. The Morgan fingerprint density at radius 2 is 2.00 bits per heavy atom. The van der Waals surface area contributed by atoms with Gasteiger partial charge >= 0.3 is 0 Å². The summed E-state index contributed by atoms with van der Waals surface area (Å²) in [5, 5.41) is 2.99. The molecule has 3 heteroatoms. The first-order valence-corrected chi connectivity index (χ1v) is 7.67. The monoisotopic (exact) mass is 277 g/mol. The lowest BCUT2D eigenvalue weighted by Gasteiger charge is -2.29. The van der Waals surface area contributed by atoms with E-state index in [4.69, 9.17) is 0 Å². The molecule has 0 unspecified atom stereocenters. The third kappa shape index (κ3) is 3.81. The van der Waals surface area contributed by atoms with Crippen molar-refractivity contribution in [1.29, 1.82) is 0 Å². The van der Waals surface area contributed by atoms with E-state index in [1.54, 1.807) is 12.1 Å². The standard InChI is InChI=1S/C17H24FNO/c1-3-4-13-6-8-14(9-7-13)19-17(20)15-11-12(2)5-10-16(15)18/h5,10-11,13-14H,3-4,6-9H2,1-2H3,(H,19,20). The highest BCUT2D eigenvalue weighted by Gasteiger charge is 2.23. The van der Waals surface area contributed by atoms with Crippen LogP contribution in [0, 0.1) is 18.7 Å². The molecule has 1 aliphatic rings. The van der Waals surface area contributed by atoms with Gasteiger partial charge in [0.1, 0.15) is 5.82 Å². The van der Waals surface area contributed by atoms with Gasteiger partial charge in [0.15, 0.2) is 0 Å². The highest BCUT2D eigenvalue weighted by atomic mass is 19.1. The minimum absolute atomic E-state index is 0.167. The number of nitrogens with one attached hydrogen (secondary N) is 1. The van der Waals surface area contributed by atoms with Gasteiger partial charge in [-0.15, -0.1) is 0 Å². The molecule has 0 aromatic heterocycles. The third-order valence-electron chi connectivity index (χ3n) is 4.25. The zero-order valence-corrected chi connectivity index (χ0v) is 12.4. The second kappa shape index (κ2) is 6.87. The van der Waals surface area contributed by atoms with E-state index in [1.165, 1.54) is 31.7 Å². The summed E-state index contributed by atoms with van der Waals surface area (Å²) in [5.74, 6) is 0.0989. The minimum atomic E-state index is -0.437. The van der Waals surface area contributed by atoms with E-state index in [0.29, 0.717) is 0 Å². The molecule has 0 bridgehead atoms. The molecule has 1 N–H and O–H groups in total. The molecule has 0 atom stereocenters. The Morgan fingerprint density at radius 3 is 2.65 bits per heavy atom. The normalized spacial score (nSPS) is 22.6. The maximum Gasteiger partial charge on any atom is 0.254 e. The molecule has 0 radical (unpaired) electrons. The predicted molar refractivity (Wildman–Crippen MR) is 79.3 cm³/mol. The van der Waals surface area contributed by atoms with Gasteiger partial charge in [0, 0.05) is 6.04 Å². The van der Waals surface area contributed by atoms with Crippen molar-refractivity contribution < 1.29 is 9.18 Å². The fraction of sp³-hybridized carbons (Fsp3) is 0.588. The van der Waals surface area contributed by atoms with Crippen LogP contribution < -0.4 is 5.32 Å². The van der Waals surface area contributed by atoms with Gasteiger partial charge in [0.25, 0.3) is 5.91 Å².